The lowest BCUT2D eigenvalue weighted by Gasteiger charge is -2.17. The van der Waals surface area contributed by atoms with E-state index in [0.717, 1.165) is 0 Å². The molecule has 1 aromatic rings. The SMILES string of the molecule is CSN(C)c1ccccc1C.O=CCl. The number of aryl methyl sites for hydroxylation is 1. The van der Waals surface area contributed by atoms with Crippen LogP contribution in [0.25, 0.3) is 0 Å². The van der Waals surface area contributed by atoms with E-state index in [0.29, 0.717) is 0 Å². The van der Waals surface area contributed by atoms with Crippen LogP contribution in [0.15, 0.2) is 24.3 Å². The Morgan fingerprint density at radius 2 is 1.93 bits per heavy atom. The third kappa shape index (κ3) is 4.53. The summed E-state index contributed by atoms with van der Waals surface area (Å²) in [5.41, 5.74) is 2.62. The lowest BCUT2D eigenvalue weighted by Crippen LogP contribution is -2.06. The van der Waals surface area contributed by atoms with E-state index in [4.69, 9.17) is 4.79 Å². The smallest absolute Gasteiger partial charge is 0.208 e. The molecule has 0 saturated carbocycles. The van der Waals surface area contributed by atoms with Gasteiger partial charge in [-0.25, -0.2) is 0 Å². The monoisotopic (exact) mass is 231 g/mol. The summed E-state index contributed by atoms with van der Waals surface area (Å²) < 4.78 is 2.16. The first-order valence-electron chi connectivity index (χ1n) is 4.04. The van der Waals surface area contributed by atoms with Gasteiger partial charge in [0.25, 0.3) is 0 Å². The van der Waals surface area contributed by atoms with E-state index in [9.17, 15) is 0 Å². The van der Waals surface area contributed by atoms with E-state index in [1.807, 2.05) is 0 Å². The standard InChI is InChI=1S/C9H13NS.CHClO/c1-8-6-4-5-7-9(8)10(2)11-3;2-1-3/h4-7H,1-3H3;1H. The molecule has 0 N–H and O–H groups in total. The van der Waals surface area contributed by atoms with E-state index < -0.39 is 0 Å². The number of halogens is 1. The molecule has 0 heterocycles. The highest BCUT2D eigenvalue weighted by Crippen LogP contribution is 2.21. The van der Waals surface area contributed by atoms with Crippen LogP contribution in [-0.4, -0.2) is 19.0 Å². The van der Waals surface area contributed by atoms with Crippen molar-refractivity contribution in [2.24, 2.45) is 0 Å². The molecule has 1 aromatic carbocycles. The van der Waals surface area contributed by atoms with E-state index in [-0.39, 0.29) is 5.75 Å². The third-order valence-electron chi connectivity index (χ3n) is 1.73. The highest BCUT2D eigenvalue weighted by molar-refractivity contribution is 7.99. The fraction of sp³-hybridized carbons (Fsp3) is 0.300. The molecule has 2 nitrogen and oxygen atoms in total. The van der Waals surface area contributed by atoms with Crippen molar-refractivity contribution >= 4 is 35.0 Å². The molecule has 4 heteroatoms. The molecule has 0 amide bonds. The maximum atomic E-state index is 8.57. The van der Waals surface area contributed by atoms with Crippen molar-refractivity contribution in [2.75, 3.05) is 17.6 Å². The highest BCUT2D eigenvalue weighted by Gasteiger charge is 1.99. The van der Waals surface area contributed by atoms with E-state index in [1.165, 1.54) is 11.3 Å². The van der Waals surface area contributed by atoms with Gasteiger partial charge < -0.3 is 4.31 Å². The second kappa shape index (κ2) is 7.71. The molecule has 0 saturated heterocycles. The molecule has 0 aliphatic heterocycles. The molecule has 0 radical (unpaired) electrons. The summed E-state index contributed by atoms with van der Waals surface area (Å²) in [4.78, 5) is 8.57. The summed E-state index contributed by atoms with van der Waals surface area (Å²) in [6.45, 7) is 2.13. The van der Waals surface area contributed by atoms with Gasteiger partial charge in [0.1, 0.15) is 0 Å². The first-order valence-corrected chi connectivity index (χ1v) is 5.66. The minimum atomic E-state index is 0.222. The van der Waals surface area contributed by atoms with E-state index in [1.54, 1.807) is 11.9 Å². The molecule has 78 valence electrons. The Kier molecular flexibility index (Phi) is 7.34. The predicted octanol–water partition coefficient (Wildman–Crippen LogP) is 3.12. The third-order valence-corrected chi connectivity index (χ3v) is 2.47. The predicted molar refractivity (Wildman–Crippen MR) is 65.7 cm³/mol. The van der Waals surface area contributed by atoms with Crippen molar-refractivity contribution in [1.82, 2.24) is 0 Å². The number of carbonyl (C=O) groups excluding carboxylic acids is 1. The van der Waals surface area contributed by atoms with Gasteiger partial charge in [-0.1, -0.05) is 30.1 Å². The summed E-state index contributed by atoms with van der Waals surface area (Å²) in [6.07, 6.45) is 2.08. The summed E-state index contributed by atoms with van der Waals surface area (Å²) in [6, 6.07) is 8.38. The number of para-hydroxylation sites is 1. The van der Waals surface area contributed by atoms with Crippen molar-refractivity contribution in [1.29, 1.82) is 0 Å². The topological polar surface area (TPSA) is 20.3 Å². The van der Waals surface area contributed by atoms with Gasteiger partial charge in [-0.2, -0.15) is 0 Å². The highest BCUT2D eigenvalue weighted by atomic mass is 35.5. The number of anilines is 1. The Bertz CT molecular complexity index is 281. The molecule has 0 aliphatic carbocycles. The van der Waals surface area contributed by atoms with Crippen LogP contribution in [0.1, 0.15) is 5.56 Å². The van der Waals surface area contributed by atoms with Crippen LogP contribution in [0.2, 0.25) is 0 Å². The number of rotatable bonds is 2. The molecule has 0 aliphatic rings. The Morgan fingerprint density at radius 3 is 2.36 bits per heavy atom. The first kappa shape index (κ1) is 13.3. The second-order valence-electron chi connectivity index (χ2n) is 2.56. The Morgan fingerprint density at radius 1 is 1.43 bits per heavy atom. The van der Waals surface area contributed by atoms with Crippen molar-refractivity contribution < 1.29 is 4.79 Å². The zero-order valence-corrected chi connectivity index (χ0v) is 10.1. The number of carbonyl (C=O) groups is 1. The van der Waals surface area contributed by atoms with Crippen molar-refractivity contribution in [3.63, 3.8) is 0 Å². The van der Waals surface area contributed by atoms with Gasteiger partial charge in [0.2, 0.25) is 5.75 Å². The van der Waals surface area contributed by atoms with E-state index in [2.05, 4.69) is 60.4 Å². The van der Waals surface area contributed by atoms with Crippen molar-refractivity contribution in [3.05, 3.63) is 29.8 Å². The number of benzene rings is 1. The molecular weight excluding hydrogens is 218 g/mol. The maximum absolute atomic E-state index is 8.57. The Balaban J connectivity index is 0.000000500. The summed E-state index contributed by atoms with van der Waals surface area (Å²) in [5.74, 6) is 0.222. The van der Waals surface area contributed by atoms with Crippen LogP contribution in [0.5, 0.6) is 0 Å². The summed E-state index contributed by atoms with van der Waals surface area (Å²) >= 11 is 6.04. The number of hydrogen-bond acceptors (Lipinski definition) is 3. The van der Waals surface area contributed by atoms with Gasteiger partial charge >= 0.3 is 0 Å². The van der Waals surface area contributed by atoms with E-state index >= 15 is 0 Å². The molecule has 0 fully saturated rings. The maximum Gasteiger partial charge on any atom is 0.208 e. The molecule has 0 unspecified atom stereocenters. The van der Waals surface area contributed by atoms with Crippen LogP contribution in [-0.2, 0) is 4.79 Å². The van der Waals surface area contributed by atoms with Crippen molar-refractivity contribution in [3.8, 4) is 0 Å². The molecule has 14 heavy (non-hydrogen) atoms. The van der Waals surface area contributed by atoms with Crippen LogP contribution in [0, 0.1) is 6.92 Å². The molecule has 0 spiro atoms. The molecular formula is C10H14ClNOS. The molecule has 1 rings (SSSR count). The van der Waals surface area contributed by atoms with Crippen LogP contribution >= 0.6 is 23.5 Å². The molecule has 0 bridgehead atoms. The second-order valence-corrected chi connectivity index (χ2v) is 3.65. The first-order chi connectivity index (χ1) is 6.67. The van der Waals surface area contributed by atoms with Crippen LogP contribution in [0.4, 0.5) is 5.69 Å². The largest absolute Gasteiger partial charge is 0.319 e. The average molecular weight is 232 g/mol. The Labute approximate surface area is 94.4 Å². The average Bonchev–Trinajstić information content (AvgIpc) is 2.19. The van der Waals surface area contributed by atoms with Crippen LogP contribution < -0.4 is 4.31 Å². The fourth-order valence-corrected chi connectivity index (χ4v) is 1.42. The van der Waals surface area contributed by atoms with Gasteiger partial charge in [-0.15, -0.1) is 0 Å². The number of nitrogens with zero attached hydrogens (tertiary/aromatic N) is 1. The van der Waals surface area contributed by atoms with Gasteiger partial charge in [-0.05, 0) is 30.2 Å². The van der Waals surface area contributed by atoms with Gasteiger partial charge in [0, 0.05) is 19.0 Å². The van der Waals surface area contributed by atoms with Gasteiger partial charge in [0.05, 0.1) is 0 Å². The summed E-state index contributed by atoms with van der Waals surface area (Å²) in [7, 11) is 2.08. The fourth-order valence-electron chi connectivity index (χ4n) is 1.02. The van der Waals surface area contributed by atoms with Gasteiger partial charge in [0.15, 0.2) is 0 Å². The minimum absolute atomic E-state index is 0.222. The quantitative estimate of drug-likeness (QED) is 0.443. The molecule has 0 aromatic heterocycles. The Hall–Kier alpha value is -0.670. The normalized spacial score (nSPS) is 8.57. The zero-order chi connectivity index (χ0) is 11.0. The van der Waals surface area contributed by atoms with Gasteiger partial charge in [-0.3, -0.25) is 4.79 Å². The lowest BCUT2D eigenvalue weighted by atomic mass is 10.2. The minimum Gasteiger partial charge on any atom is -0.319 e. The summed E-state index contributed by atoms with van der Waals surface area (Å²) in [5, 5.41) is 0. The van der Waals surface area contributed by atoms with Crippen molar-refractivity contribution in [2.45, 2.75) is 6.92 Å². The zero-order valence-electron chi connectivity index (χ0n) is 8.53. The van der Waals surface area contributed by atoms with Crippen LogP contribution in [0.3, 0.4) is 0 Å². The molecule has 0 atom stereocenters. The number of hydrogen-bond donors (Lipinski definition) is 0. The lowest BCUT2D eigenvalue weighted by molar-refractivity contribution is 0.569.